The van der Waals surface area contributed by atoms with Gasteiger partial charge in [0, 0.05) is 42.8 Å². The fraction of sp³-hybridized carbons (Fsp3) is 0.364. The third kappa shape index (κ3) is 4.61. The van der Waals surface area contributed by atoms with Gasteiger partial charge in [-0.1, -0.05) is 0 Å². The molecule has 1 fully saturated rings. The standard InChI is InChI=1S/C22H23F3N2O/c1-14-9-21(26-13-27-6-4-3-5-7-27)15(2)8-17(14)22(28)12-18-19(24)10-16(23)11-20(18)25/h8-11,13H,3-7,12H2,1-2H3. The van der Waals surface area contributed by atoms with Crippen molar-refractivity contribution >= 4 is 17.8 Å². The van der Waals surface area contributed by atoms with Crippen LogP contribution in [0.1, 0.15) is 46.3 Å². The van der Waals surface area contributed by atoms with Crippen LogP contribution in [0.3, 0.4) is 0 Å². The Hall–Kier alpha value is -2.63. The summed E-state index contributed by atoms with van der Waals surface area (Å²) in [7, 11) is 0. The zero-order valence-electron chi connectivity index (χ0n) is 16.1. The number of nitrogens with zero attached hydrogens (tertiary/aromatic N) is 2. The molecule has 0 N–H and O–H groups in total. The van der Waals surface area contributed by atoms with Crippen LogP contribution in [0.5, 0.6) is 0 Å². The van der Waals surface area contributed by atoms with Crippen molar-refractivity contribution in [2.75, 3.05) is 13.1 Å². The highest BCUT2D eigenvalue weighted by Crippen LogP contribution is 2.25. The number of carbonyl (C=O) groups is 1. The van der Waals surface area contributed by atoms with Gasteiger partial charge < -0.3 is 4.90 Å². The maximum atomic E-state index is 13.9. The second kappa shape index (κ2) is 8.59. The highest BCUT2D eigenvalue weighted by molar-refractivity contribution is 5.99. The van der Waals surface area contributed by atoms with E-state index in [0.29, 0.717) is 23.3 Å². The zero-order valence-corrected chi connectivity index (χ0v) is 16.1. The summed E-state index contributed by atoms with van der Waals surface area (Å²) in [6.45, 7) is 5.60. The third-order valence-electron chi connectivity index (χ3n) is 5.04. The highest BCUT2D eigenvalue weighted by atomic mass is 19.1. The molecule has 1 heterocycles. The first-order valence-corrected chi connectivity index (χ1v) is 9.41. The van der Waals surface area contributed by atoms with Gasteiger partial charge in [-0.25, -0.2) is 18.2 Å². The first-order valence-electron chi connectivity index (χ1n) is 9.41. The molecule has 0 radical (unpaired) electrons. The van der Waals surface area contributed by atoms with Gasteiger partial charge in [0.05, 0.1) is 12.0 Å². The summed E-state index contributed by atoms with van der Waals surface area (Å²) in [5.41, 5.74) is 2.22. The molecule has 0 saturated carbocycles. The number of benzene rings is 2. The fourth-order valence-corrected chi connectivity index (χ4v) is 3.41. The van der Waals surface area contributed by atoms with E-state index in [1.165, 1.54) is 6.42 Å². The second-order valence-corrected chi connectivity index (χ2v) is 7.24. The Morgan fingerprint density at radius 1 is 1.00 bits per heavy atom. The maximum absolute atomic E-state index is 13.9. The first kappa shape index (κ1) is 20.1. The number of piperidine rings is 1. The summed E-state index contributed by atoms with van der Waals surface area (Å²) in [4.78, 5) is 19.3. The smallest absolute Gasteiger partial charge is 0.167 e. The van der Waals surface area contributed by atoms with Gasteiger partial charge in [0.2, 0.25) is 0 Å². The van der Waals surface area contributed by atoms with Crippen LogP contribution in [0, 0.1) is 31.3 Å². The summed E-state index contributed by atoms with van der Waals surface area (Å²) >= 11 is 0. The number of likely N-dealkylation sites (tertiary alicyclic amines) is 1. The number of ketones is 1. The molecule has 1 aliphatic rings. The van der Waals surface area contributed by atoms with E-state index in [1.54, 1.807) is 19.1 Å². The molecule has 0 aromatic heterocycles. The molecule has 148 valence electrons. The largest absolute Gasteiger partial charge is 0.363 e. The predicted molar refractivity (Wildman–Crippen MR) is 104 cm³/mol. The van der Waals surface area contributed by atoms with Crippen molar-refractivity contribution in [3.05, 3.63) is 64.0 Å². The number of carbonyl (C=O) groups excluding carboxylic acids is 1. The normalized spacial score (nSPS) is 14.7. The van der Waals surface area contributed by atoms with Crippen molar-refractivity contribution in [1.82, 2.24) is 4.90 Å². The lowest BCUT2D eigenvalue weighted by molar-refractivity contribution is 0.0990. The lowest BCUT2D eigenvalue weighted by Gasteiger charge is -2.23. The topological polar surface area (TPSA) is 32.7 Å². The highest BCUT2D eigenvalue weighted by Gasteiger charge is 2.18. The van der Waals surface area contributed by atoms with Crippen LogP contribution >= 0.6 is 0 Å². The molecule has 0 atom stereocenters. The molecule has 1 aliphatic heterocycles. The number of hydrogen-bond acceptors (Lipinski definition) is 2. The van der Waals surface area contributed by atoms with Gasteiger partial charge >= 0.3 is 0 Å². The Labute approximate surface area is 162 Å². The summed E-state index contributed by atoms with van der Waals surface area (Å²) in [6, 6.07) is 4.67. The van der Waals surface area contributed by atoms with Crippen molar-refractivity contribution in [3.8, 4) is 0 Å². The number of hydrogen-bond donors (Lipinski definition) is 0. The fourth-order valence-electron chi connectivity index (χ4n) is 3.41. The van der Waals surface area contributed by atoms with Crippen LogP contribution in [0.15, 0.2) is 29.3 Å². The van der Waals surface area contributed by atoms with Crippen LogP contribution in [0.4, 0.5) is 18.9 Å². The SMILES string of the molecule is Cc1cc(C(=O)Cc2c(F)cc(F)cc2F)c(C)cc1N=CN1CCCCC1. The molecule has 0 amide bonds. The predicted octanol–water partition coefficient (Wildman–Crippen LogP) is 5.29. The third-order valence-corrected chi connectivity index (χ3v) is 5.04. The molecular weight excluding hydrogens is 365 g/mol. The molecule has 1 saturated heterocycles. The maximum Gasteiger partial charge on any atom is 0.167 e. The summed E-state index contributed by atoms with van der Waals surface area (Å²) in [5.74, 6) is -3.53. The Kier molecular flexibility index (Phi) is 6.17. The Balaban J connectivity index is 1.80. The molecule has 0 spiro atoms. The van der Waals surface area contributed by atoms with Crippen LogP contribution in [-0.2, 0) is 6.42 Å². The van der Waals surface area contributed by atoms with E-state index in [4.69, 9.17) is 0 Å². The zero-order chi connectivity index (χ0) is 20.3. The van der Waals surface area contributed by atoms with E-state index in [1.807, 2.05) is 13.3 Å². The molecule has 6 heteroatoms. The molecule has 3 nitrogen and oxygen atoms in total. The molecule has 0 aliphatic carbocycles. The molecule has 2 aromatic rings. The molecular formula is C22H23F3N2O. The monoisotopic (exact) mass is 388 g/mol. The Morgan fingerprint density at radius 3 is 2.29 bits per heavy atom. The van der Waals surface area contributed by atoms with E-state index in [-0.39, 0.29) is 0 Å². The van der Waals surface area contributed by atoms with Gasteiger partial charge in [0.15, 0.2) is 5.78 Å². The van der Waals surface area contributed by atoms with Gasteiger partial charge in [-0.3, -0.25) is 4.79 Å². The summed E-state index contributed by atoms with van der Waals surface area (Å²) in [5, 5.41) is 0. The Morgan fingerprint density at radius 2 is 1.64 bits per heavy atom. The van der Waals surface area contributed by atoms with Gasteiger partial charge in [0.1, 0.15) is 17.5 Å². The Bertz CT molecular complexity index is 895. The number of halogens is 3. The van der Waals surface area contributed by atoms with E-state index >= 15 is 0 Å². The minimum Gasteiger partial charge on any atom is -0.363 e. The number of aryl methyl sites for hydroxylation is 2. The minimum absolute atomic E-state index is 0.387. The van der Waals surface area contributed by atoms with E-state index in [9.17, 15) is 18.0 Å². The summed E-state index contributed by atoms with van der Waals surface area (Å²) in [6.07, 6.45) is 4.94. The quantitative estimate of drug-likeness (QED) is 0.396. The number of Topliss-reactive ketones (excluding diaryl/α,β-unsaturated/α-hetero) is 1. The van der Waals surface area contributed by atoms with E-state index in [2.05, 4.69) is 9.89 Å². The van der Waals surface area contributed by atoms with Gasteiger partial charge in [-0.15, -0.1) is 0 Å². The average Bonchev–Trinajstić information content (AvgIpc) is 2.65. The first-order chi connectivity index (χ1) is 13.3. The van der Waals surface area contributed by atoms with Crippen molar-refractivity contribution < 1.29 is 18.0 Å². The lowest BCUT2D eigenvalue weighted by atomic mass is 9.96. The second-order valence-electron chi connectivity index (χ2n) is 7.24. The van der Waals surface area contributed by atoms with Crippen LogP contribution in [-0.4, -0.2) is 30.1 Å². The van der Waals surface area contributed by atoms with Crippen molar-refractivity contribution in [3.63, 3.8) is 0 Å². The molecule has 0 bridgehead atoms. The minimum atomic E-state index is -1.05. The van der Waals surface area contributed by atoms with E-state index in [0.717, 1.165) is 37.2 Å². The van der Waals surface area contributed by atoms with Crippen LogP contribution in [0.25, 0.3) is 0 Å². The molecule has 2 aromatic carbocycles. The molecule has 28 heavy (non-hydrogen) atoms. The van der Waals surface area contributed by atoms with Gasteiger partial charge in [-0.05, 0) is 56.4 Å². The van der Waals surface area contributed by atoms with E-state index < -0.39 is 35.2 Å². The molecule has 3 rings (SSSR count). The van der Waals surface area contributed by atoms with Crippen molar-refractivity contribution in [2.24, 2.45) is 4.99 Å². The van der Waals surface area contributed by atoms with Crippen molar-refractivity contribution in [2.45, 2.75) is 39.5 Å². The van der Waals surface area contributed by atoms with Crippen LogP contribution < -0.4 is 0 Å². The average molecular weight is 388 g/mol. The number of rotatable bonds is 5. The lowest BCUT2D eigenvalue weighted by Crippen LogP contribution is -2.28. The van der Waals surface area contributed by atoms with Gasteiger partial charge in [0.25, 0.3) is 0 Å². The summed E-state index contributed by atoms with van der Waals surface area (Å²) < 4.78 is 40.8. The molecule has 0 unspecified atom stereocenters. The number of aliphatic imine (C=N–C) groups is 1. The van der Waals surface area contributed by atoms with Gasteiger partial charge in [-0.2, -0.15) is 0 Å². The van der Waals surface area contributed by atoms with Crippen LogP contribution in [0.2, 0.25) is 0 Å². The van der Waals surface area contributed by atoms with Crippen molar-refractivity contribution in [1.29, 1.82) is 0 Å².